The molecule has 152 valence electrons. The van der Waals surface area contributed by atoms with Gasteiger partial charge in [0.2, 0.25) is 11.8 Å². The second kappa shape index (κ2) is 8.59. The first-order chi connectivity index (χ1) is 14.1. The Morgan fingerprint density at radius 2 is 1.83 bits per heavy atom. The number of aromatic nitrogens is 2. The van der Waals surface area contributed by atoms with Crippen LogP contribution in [0.1, 0.15) is 25.3 Å². The van der Waals surface area contributed by atoms with Crippen molar-refractivity contribution in [2.75, 3.05) is 36.4 Å². The van der Waals surface area contributed by atoms with Gasteiger partial charge in [0.15, 0.2) is 5.82 Å². The highest BCUT2D eigenvalue weighted by atomic mass is 16.2. The van der Waals surface area contributed by atoms with E-state index in [0.29, 0.717) is 19.0 Å². The number of nitrogens with zero attached hydrogens (tertiary/aromatic N) is 4. The Labute approximate surface area is 171 Å². The highest BCUT2D eigenvalue weighted by Gasteiger charge is 2.33. The Hall–Kier alpha value is -2.96. The summed E-state index contributed by atoms with van der Waals surface area (Å²) < 4.78 is 0. The number of hydrogen-bond donors (Lipinski definition) is 1. The molecule has 7 heteroatoms. The first-order valence-corrected chi connectivity index (χ1v) is 10.3. The summed E-state index contributed by atoms with van der Waals surface area (Å²) in [5.41, 5.74) is 2.12. The Morgan fingerprint density at radius 3 is 2.45 bits per heavy atom. The fraction of sp³-hybridized carbons (Fsp3) is 0.455. The highest BCUT2D eigenvalue weighted by molar-refractivity contribution is 5.94. The SMILES string of the molecule is CC(=O)N1CCC(Cc2ccc(NC(=O)C3CN(c4cccnn4)C3)cc2)CC1. The van der Waals surface area contributed by atoms with Crippen LogP contribution in [0, 0.1) is 11.8 Å². The molecule has 4 rings (SSSR count). The van der Waals surface area contributed by atoms with E-state index in [9.17, 15) is 9.59 Å². The third kappa shape index (κ3) is 4.72. The van der Waals surface area contributed by atoms with Gasteiger partial charge >= 0.3 is 0 Å². The quantitative estimate of drug-likeness (QED) is 0.844. The van der Waals surface area contributed by atoms with E-state index in [1.807, 2.05) is 29.2 Å². The average molecular weight is 393 g/mol. The van der Waals surface area contributed by atoms with E-state index in [0.717, 1.165) is 43.9 Å². The number of carbonyl (C=O) groups is 2. The third-order valence-corrected chi connectivity index (χ3v) is 5.94. The maximum absolute atomic E-state index is 12.5. The number of amides is 2. The monoisotopic (exact) mass is 393 g/mol. The Morgan fingerprint density at radius 1 is 1.10 bits per heavy atom. The number of piperidine rings is 1. The van der Waals surface area contributed by atoms with Gasteiger partial charge in [-0.15, -0.1) is 5.10 Å². The second-order valence-electron chi connectivity index (χ2n) is 8.02. The molecule has 1 aromatic carbocycles. The van der Waals surface area contributed by atoms with Gasteiger partial charge in [0, 0.05) is 45.0 Å². The van der Waals surface area contributed by atoms with Gasteiger partial charge in [0.1, 0.15) is 0 Å². The molecule has 0 aliphatic carbocycles. The minimum absolute atomic E-state index is 0.0249. The molecule has 0 unspecified atom stereocenters. The summed E-state index contributed by atoms with van der Waals surface area (Å²) in [7, 11) is 0. The van der Waals surface area contributed by atoms with E-state index in [1.165, 1.54) is 5.56 Å². The fourth-order valence-corrected chi connectivity index (χ4v) is 4.05. The van der Waals surface area contributed by atoms with Crippen molar-refractivity contribution >= 4 is 23.3 Å². The average Bonchev–Trinajstić information content (AvgIpc) is 2.69. The maximum atomic E-state index is 12.5. The molecule has 0 atom stereocenters. The lowest BCUT2D eigenvalue weighted by atomic mass is 9.90. The van der Waals surface area contributed by atoms with Crippen molar-refractivity contribution in [2.45, 2.75) is 26.2 Å². The predicted octanol–water partition coefficient (Wildman–Crippen LogP) is 2.35. The van der Waals surface area contributed by atoms with Crippen molar-refractivity contribution in [3.8, 4) is 0 Å². The van der Waals surface area contributed by atoms with Crippen molar-refractivity contribution in [1.29, 1.82) is 0 Å². The van der Waals surface area contributed by atoms with Crippen LogP contribution in [0.25, 0.3) is 0 Å². The normalized spacial score (nSPS) is 17.7. The minimum Gasteiger partial charge on any atom is -0.353 e. The predicted molar refractivity (Wildman–Crippen MR) is 111 cm³/mol. The van der Waals surface area contributed by atoms with E-state index in [2.05, 4.69) is 32.5 Å². The van der Waals surface area contributed by atoms with Crippen molar-refractivity contribution in [2.24, 2.45) is 11.8 Å². The zero-order valence-electron chi connectivity index (χ0n) is 16.8. The van der Waals surface area contributed by atoms with E-state index >= 15 is 0 Å². The molecule has 2 aliphatic rings. The van der Waals surface area contributed by atoms with Gasteiger partial charge in [-0.3, -0.25) is 9.59 Å². The molecule has 0 radical (unpaired) electrons. The molecule has 3 heterocycles. The smallest absolute Gasteiger partial charge is 0.231 e. The number of likely N-dealkylation sites (tertiary alicyclic amines) is 1. The van der Waals surface area contributed by atoms with Gasteiger partial charge in [0.05, 0.1) is 5.92 Å². The number of carbonyl (C=O) groups excluding carboxylic acids is 2. The molecule has 2 aliphatic heterocycles. The second-order valence-corrected chi connectivity index (χ2v) is 8.02. The zero-order valence-corrected chi connectivity index (χ0v) is 16.8. The molecule has 2 amide bonds. The van der Waals surface area contributed by atoms with Crippen LogP contribution in [0.4, 0.5) is 11.5 Å². The molecule has 1 N–H and O–H groups in total. The molecule has 29 heavy (non-hydrogen) atoms. The van der Waals surface area contributed by atoms with Crippen molar-refractivity contribution in [1.82, 2.24) is 15.1 Å². The van der Waals surface area contributed by atoms with Crippen LogP contribution in [0.3, 0.4) is 0 Å². The molecular formula is C22H27N5O2. The lowest BCUT2D eigenvalue weighted by Gasteiger charge is -2.38. The van der Waals surface area contributed by atoms with Crippen LogP contribution in [0.5, 0.6) is 0 Å². The molecule has 2 saturated heterocycles. The van der Waals surface area contributed by atoms with E-state index in [1.54, 1.807) is 13.1 Å². The zero-order chi connectivity index (χ0) is 20.2. The first-order valence-electron chi connectivity index (χ1n) is 10.3. The summed E-state index contributed by atoms with van der Waals surface area (Å²) in [6, 6.07) is 11.9. The van der Waals surface area contributed by atoms with Gasteiger partial charge in [-0.2, -0.15) is 5.10 Å². The summed E-state index contributed by atoms with van der Waals surface area (Å²) in [6.45, 7) is 4.70. The molecular weight excluding hydrogens is 366 g/mol. The Kier molecular flexibility index (Phi) is 5.74. The Bertz CT molecular complexity index is 841. The van der Waals surface area contributed by atoms with Gasteiger partial charge in [0.25, 0.3) is 0 Å². The summed E-state index contributed by atoms with van der Waals surface area (Å²) in [5.74, 6) is 1.63. The van der Waals surface area contributed by atoms with Gasteiger partial charge < -0.3 is 15.1 Å². The molecule has 2 aromatic rings. The van der Waals surface area contributed by atoms with Gasteiger partial charge in [-0.25, -0.2) is 0 Å². The first kappa shape index (κ1) is 19.4. The van der Waals surface area contributed by atoms with E-state index < -0.39 is 0 Å². The summed E-state index contributed by atoms with van der Waals surface area (Å²) >= 11 is 0. The van der Waals surface area contributed by atoms with Crippen LogP contribution in [0.15, 0.2) is 42.6 Å². The molecule has 1 aromatic heterocycles. The third-order valence-electron chi connectivity index (χ3n) is 5.94. The highest BCUT2D eigenvalue weighted by Crippen LogP contribution is 2.25. The van der Waals surface area contributed by atoms with Crippen LogP contribution < -0.4 is 10.2 Å². The summed E-state index contributed by atoms with van der Waals surface area (Å²) in [4.78, 5) is 27.9. The number of nitrogens with one attached hydrogen (secondary N) is 1. The van der Waals surface area contributed by atoms with Crippen molar-refractivity contribution in [3.05, 3.63) is 48.2 Å². The number of anilines is 2. The molecule has 0 spiro atoms. The van der Waals surface area contributed by atoms with Crippen LogP contribution >= 0.6 is 0 Å². The van der Waals surface area contributed by atoms with Gasteiger partial charge in [-0.1, -0.05) is 12.1 Å². The van der Waals surface area contributed by atoms with Crippen LogP contribution in [0.2, 0.25) is 0 Å². The molecule has 2 fully saturated rings. The number of benzene rings is 1. The molecule has 0 bridgehead atoms. The maximum Gasteiger partial charge on any atom is 0.231 e. The lowest BCUT2D eigenvalue weighted by molar-refractivity contribution is -0.130. The summed E-state index contributed by atoms with van der Waals surface area (Å²) in [5, 5.41) is 11.0. The topological polar surface area (TPSA) is 78.4 Å². The van der Waals surface area contributed by atoms with Crippen LogP contribution in [-0.2, 0) is 16.0 Å². The van der Waals surface area contributed by atoms with E-state index in [-0.39, 0.29) is 17.7 Å². The van der Waals surface area contributed by atoms with E-state index in [4.69, 9.17) is 0 Å². The largest absolute Gasteiger partial charge is 0.353 e. The standard InChI is InChI=1S/C22H27N5O2/c1-16(28)26-11-8-18(9-12-26)13-17-4-6-20(7-5-17)24-22(29)19-14-27(15-19)21-3-2-10-23-25-21/h2-7,10,18-19H,8-9,11-15H2,1H3,(H,24,29). The van der Waals surface area contributed by atoms with Crippen molar-refractivity contribution in [3.63, 3.8) is 0 Å². The summed E-state index contributed by atoms with van der Waals surface area (Å²) in [6.07, 6.45) is 4.78. The number of hydrogen-bond acceptors (Lipinski definition) is 5. The molecule has 7 nitrogen and oxygen atoms in total. The van der Waals surface area contributed by atoms with Crippen LogP contribution in [-0.4, -0.2) is 53.1 Å². The fourth-order valence-electron chi connectivity index (χ4n) is 4.05. The Balaban J connectivity index is 1.23. The number of rotatable bonds is 5. The van der Waals surface area contributed by atoms with Gasteiger partial charge in [-0.05, 0) is 55.0 Å². The molecule has 0 saturated carbocycles. The minimum atomic E-state index is -0.0249. The lowest BCUT2D eigenvalue weighted by Crippen LogP contribution is -2.52. The van der Waals surface area contributed by atoms with Crippen molar-refractivity contribution < 1.29 is 9.59 Å².